The molecule has 0 bridgehead atoms. The normalized spacial score (nSPS) is 15.0. The molecule has 1 amide bonds. The predicted octanol–water partition coefficient (Wildman–Crippen LogP) is 3.98. The molecule has 0 spiro atoms. The van der Waals surface area contributed by atoms with Gasteiger partial charge in [-0.2, -0.15) is 0 Å². The highest BCUT2D eigenvalue weighted by atomic mass is 16.5. The Kier molecular flexibility index (Phi) is 6.05. The van der Waals surface area contributed by atoms with Crippen molar-refractivity contribution in [3.63, 3.8) is 0 Å². The van der Waals surface area contributed by atoms with E-state index in [-0.39, 0.29) is 24.5 Å². The zero-order chi connectivity index (χ0) is 25.4. The molecule has 0 aliphatic carbocycles. The van der Waals surface area contributed by atoms with Gasteiger partial charge in [-0.1, -0.05) is 29.4 Å². The van der Waals surface area contributed by atoms with Crippen molar-refractivity contribution in [2.24, 2.45) is 0 Å². The Bertz CT molecular complexity index is 1450. The maximum atomic E-state index is 13.2. The minimum absolute atomic E-state index is 0.138. The second-order valence-corrected chi connectivity index (χ2v) is 8.85. The fourth-order valence-electron chi connectivity index (χ4n) is 4.66. The average Bonchev–Trinajstić information content (AvgIpc) is 3.62. The van der Waals surface area contributed by atoms with E-state index in [0.29, 0.717) is 22.8 Å². The van der Waals surface area contributed by atoms with Gasteiger partial charge in [0.2, 0.25) is 5.78 Å². The van der Waals surface area contributed by atoms with Crippen molar-refractivity contribution in [2.75, 3.05) is 6.61 Å². The van der Waals surface area contributed by atoms with Crippen LogP contribution in [-0.2, 0) is 22.5 Å². The third-order valence-corrected chi connectivity index (χ3v) is 6.44. The molecule has 0 saturated carbocycles. The van der Waals surface area contributed by atoms with E-state index in [2.05, 4.69) is 5.16 Å². The van der Waals surface area contributed by atoms with Gasteiger partial charge in [0.15, 0.2) is 18.2 Å². The number of Topliss-reactive ketones (excluding diaryl/α,β-unsaturated/α-hetero) is 1. The Morgan fingerprint density at radius 3 is 2.53 bits per heavy atom. The molecule has 4 aromatic rings. The summed E-state index contributed by atoms with van der Waals surface area (Å²) in [4.78, 5) is 40.8. The van der Waals surface area contributed by atoms with Crippen LogP contribution in [0.5, 0.6) is 0 Å². The number of hydrogen-bond donors (Lipinski definition) is 0. The fourth-order valence-corrected chi connectivity index (χ4v) is 4.66. The van der Waals surface area contributed by atoms with Gasteiger partial charge >= 0.3 is 5.97 Å². The fraction of sp³-hybridized carbons (Fsp3) is 0.259. The first-order valence-corrected chi connectivity index (χ1v) is 11.6. The van der Waals surface area contributed by atoms with Gasteiger partial charge in [0.1, 0.15) is 11.8 Å². The molecule has 1 unspecified atom stereocenters. The summed E-state index contributed by atoms with van der Waals surface area (Å²) >= 11 is 0. The standard InChI is InChI=1S/C27H25N3O6/c1-16-11-21(18(3)30(16)25-12-17(2)36-28-25)23(31)15-35-27(33)22-13-19-7-4-5-8-20(19)14-29(22)26(32)24-9-6-10-34-24/h4-12,22H,13-15H2,1-3H3. The molecule has 0 N–H and O–H groups in total. The van der Waals surface area contributed by atoms with E-state index in [9.17, 15) is 14.4 Å². The zero-order valence-corrected chi connectivity index (χ0v) is 20.2. The number of carbonyl (C=O) groups is 3. The van der Waals surface area contributed by atoms with Gasteiger partial charge in [0.25, 0.3) is 5.91 Å². The quantitative estimate of drug-likeness (QED) is 0.299. The number of ether oxygens (including phenoxy) is 1. The molecule has 1 atom stereocenters. The van der Waals surface area contributed by atoms with Gasteiger partial charge in [-0.05, 0) is 50.1 Å². The maximum Gasteiger partial charge on any atom is 0.329 e. The number of aryl methyl sites for hydroxylation is 2. The zero-order valence-electron chi connectivity index (χ0n) is 20.2. The lowest BCUT2D eigenvalue weighted by Crippen LogP contribution is -2.49. The number of aromatic nitrogens is 2. The number of hydrogen-bond acceptors (Lipinski definition) is 7. The summed E-state index contributed by atoms with van der Waals surface area (Å²) in [6, 6.07) is 13.4. The summed E-state index contributed by atoms with van der Waals surface area (Å²) in [5.74, 6) is -0.0248. The molecule has 4 heterocycles. The number of fused-ring (bicyclic) bond motifs is 1. The van der Waals surface area contributed by atoms with Gasteiger partial charge in [0.05, 0.1) is 6.26 Å². The molecule has 3 aromatic heterocycles. The molecule has 1 aliphatic heterocycles. The lowest BCUT2D eigenvalue weighted by atomic mass is 9.93. The first-order valence-electron chi connectivity index (χ1n) is 11.6. The number of nitrogens with zero attached hydrogens (tertiary/aromatic N) is 3. The topological polar surface area (TPSA) is 108 Å². The van der Waals surface area contributed by atoms with Crippen LogP contribution in [-0.4, -0.2) is 44.9 Å². The van der Waals surface area contributed by atoms with E-state index in [4.69, 9.17) is 13.7 Å². The Morgan fingerprint density at radius 2 is 1.83 bits per heavy atom. The summed E-state index contributed by atoms with van der Waals surface area (Å²) in [6.07, 6.45) is 1.70. The molecule has 184 valence electrons. The number of amides is 1. The van der Waals surface area contributed by atoms with Crippen molar-refractivity contribution in [2.45, 2.75) is 39.8 Å². The van der Waals surface area contributed by atoms with Crippen LogP contribution in [0.2, 0.25) is 0 Å². The molecule has 0 fully saturated rings. The van der Waals surface area contributed by atoms with E-state index >= 15 is 0 Å². The van der Waals surface area contributed by atoms with E-state index in [1.165, 1.54) is 11.2 Å². The predicted molar refractivity (Wildman–Crippen MR) is 128 cm³/mol. The van der Waals surface area contributed by atoms with E-state index in [1.807, 2.05) is 35.8 Å². The van der Waals surface area contributed by atoms with Crippen LogP contribution in [0, 0.1) is 20.8 Å². The number of furan rings is 1. The van der Waals surface area contributed by atoms with E-state index in [1.54, 1.807) is 38.1 Å². The lowest BCUT2D eigenvalue weighted by molar-refractivity contribution is -0.148. The number of rotatable bonds is 6. The van der Waals surface area contributed by atoms with Crippen LogP contribution < -0.4 is 0 Å². The van der Waals surface area contributed by atoms with Crippen molar-refractivity contribution in [1.29, 1.82) is 0 Å². The first kappa shape index (κ1) is 23.3. The minimum atomic E-state index is -0.879. The number of carbonyl (C=O) groups excluding carboxylic acids is 3. The van der Waals surface area contributed by atoms with Crippen LogP contribution >= 0.6 is 0 Å². The number of benzene rings is 1. The van der Waals surface area contributed by atoms with Crippen LogP contribution in [0.25, 0.3) is 5.82 Å². The van der Waals surface area contributed by atoms with Crippen molar-refractivity contribution < 1.29 is 28.1 Å². The summed E-state index contributed by atoms with van der Waals surface area (Å²) in [5.41, 5.74) is 3.81. The average molecular weight is 488 g/mol. The van der Waals surface area contributed by atoms with Crippen molar-refractivity contribution in [3.8, 4) is 5.82 Å². The van der Waals surface area contributed by atoms with Crippen molar-refractivity contribution in [1.82, 2.24) is 14.6 Å². The number of esters is 1. The molecule has 36 heavy (non-hydrogen) atoms. The summed E-state index contributed by atoms with van der Waals surface area (Å²) in [7, 11) is 0. The van der Waals surface area contributed by atoms with Crippen LogP contribution in [0.15, 0.2) is 63.7 Å². The Hall–Kier alpha value is -4.40. The van der Waals surface area contributed by atoms with Gasteiger partial charge < -0.3 is 18.6 Å². The minimum Gasteiger partial charge on any atom is -0.459 e. The van der Waals surface area contributed by atoms with Crippen molar-refractivity contribution >= 4 is 17.7 Å². The van der Waals surface area contributed by atoms with Gasteiger partial charge in [-0.3, -0.25) is 14.2 Å². The monoisotopic (exact) mass is 487 g/mol. The molecule has 9 nitrogen and oxygen atoms in total. The van der Waals surface area contributed by atoms with E-state index < -0.39 is 24.5 Å². The molecule has 9 heteroatoms. The Balaban J connectivity index is 1.34. The largest absolute Gasteiger partial charge is 0.459 e. The number of ketones is 1. The smallest absolute Gasteiger partial charge is 0.329 e. The van der Waals surface area contributed by atoms with Crippen LogP contribution in [0.4, 0.5) is 0 Å². The summed E-state index contributed by atoms with van der Waals surface area (Å²) < 4.78 is 17.7. The molecule has 1 aromatic carbocycles. The molecular weight excluding hydrogens is 462 g/mol. The summed E-state index contributed by atoms with van der Waals surface area (Å²) in [5, 5.41) is 4.03. The Morgan fingerprint density at radius 1 is 1.06 bits per heavy atom. The molecule has 0 radical (unpaired) electrons. The van der Waals surface area contributed by atoms with Gasteiger partial charge in [-0.25, -0.2) is 4.79 Å². The third kappa shape index (κ3) is 4.24. The third-order valence-electron chi connectivity index (χ3n) is 6.44. The van der Waals surface area contributed by atoms with Crippen LogP contribution in [0.3, 0.4) is 0 Å². The van der Waals surface area contributed by atoms with Gasteiger partial charge in [0, 0.05) is 36.0 Å². The van der Waals surface area contributed by atoms with Gasteiger partial charge in [-0.15, -0.1) is 0 Å². The van der Waals surface area contributed by atoms with E-state index in [0.717, 1.165) is 16.8 Å². The molecular formula is C27H25N3O6. The summed E-state index contributed by atoms with van der Waals surface area (Å²) in [6.45, 7) is 5.24. The van der Waals surface area contributed by atoms with Crippen molar-refractivity contribution in [3.05, 3.63) is 94.4 Å². The SMILES string of the molecule is Cc1cc(-n2c(C)cc(C(=O)COC(=O)C3Cc4ccccc4CN3C(=O)c3ccco3)c2C)no1. The Labute approximate surface area is 207 Å². The van der Waals surface area contributed by atoms with Crippen LogP contribution in [0.1, 0.15) is 49.2 Å². The highest BCUT2D eigenvalue weighted by molar-refractivity contribution is 6.00. The lowest BCUT2D eigenvalue weighted by Gasteiger charge is -2.34. The molecule has 0 saturated heterocycles. The second kappa shape index (κ2) is 9.33. The molecule has 1 aliphatic rings. The maximum absolute atomic E-state index is 13.2. The highest BCUT2D eigenvalue weighted by Gasteiger charge is 2.37. The molecule has 5 rings (SSSR count). The second-order valence-electron chi connectivity index (χ2n) is 8.85. The first-order chi connectivity index (χ1) is 17.3. The highest BCUT2D eigenvalue weighted by Crippen LogP contribution is 2.26.